The van der Waals surface area contributed by atoms with E-state index in [-0.39, 0.29) is 12.2 Å². The largest absolute Gasteiger partial charge is 0.444 e. The molecule has 0 aromatic carbocycles. The van der Waals surface area contributed by atoms with E-state index in [1.54, 1.807) is 0 Å². The lowest BCUT2D eigenvalue weighted by Crippen LogP contribution is -2.26. The molecule has 2 rings (SSSR count). The molecule has 2 fully saturated rings. The molecule has 62 valence electrons. The summed E-state index contributed by atoms with van der Waals surface area (Å²) in [7, 11) is 0. The first-order chi connectivity index (χ1) is 5.36. The summed E-state index contributed by atoms with van der Waals surface area (Å²) in [5.41, 5.74) is 0. The summed E-state index contributed by atoms with van der Waals surface area (Å²) in [5.74, 6) is 0.522. The molecule has 0 spiro atoms. The van der Waals surface area contributed by atoms with Crippen LogP contribution >= 0.6 is 0 Å². The highest BCUT2D eigenvalue weighted by Gasteiger charge is 2.32. The van der Waals surface area contributed by atoms with Gasteiger partial charge in [-0.3, -0.25) is 0 Å². The van der Waals surface area contributed by atoms with E-state index in [0.717, 1.165) is 19.5 Å². The molecule has 2 saturated heterocycles. The lowest BCUT2D eigenvalue weighted by molar-refractivity contribution is 0.110. The van der Waals surface area contributed by atoms with Crippen LogP contribution in [0, 0.1) is 5.92 Å². The normalized spacial score (nSPS) is 36.9. The van der Waals surface area contributed by atoms with Crippen molar-refractivity contribution < 1.29 is 9.53 Å². The topological polar surface area (TPSA) is 50.4 Å². The average Bonchev–Trinajstić information content (AvgIpc) is 2.55. The Hall–Kier alpha value is -0.770. The standard InChI is InChI=1S/C7H12N2O2/c10-7-9-4-6(11-7)5-1-2-8-3-5/h5-6,8H,1-4H2,(H,9,10). The highest BCUT2D eigenvalue weighted by molar-refractivity contribution is 5.69. The van der Waals surface area contributed by atoms with Crippen molar-refractivity contribution in [2.24, 2.45) is 5.92 Å². The van der Waals surface area contributed by atoms with Crippen LogP contribution in [0.5, 0.6) is 0 Å². The summed E-state index contributed by atoms with van der Waals surface area (Å²) in [6, 6.07) is 0. The van der Waals surface area contributed by atoms with Crippen LogP contribution in [0.2, 0.25) is 0 Å². The summed E-state index contributed by atoms with van der Waals surface area (Å²) < 4.78 is 5.06. The third-order valence-electron chi connectivity index (χ3n) is 2.33. The van der Waals surface area contributed by atoms with Gasteiger partial charge >= 0.3 is 6.09 Å². The summed E-state index contributed by atoms with van der Waals surface area (Å²) in [6.45, 7) is 2.73. The third kappa shape index (κ3) is 1.30. The Morgan fingerprint density at radius 3 is 2.91 bits per heavy atom. The number of carbonyl (C=O) groups excluding carboxylic acids is 1. The lowest BCUT2D eigenvalue weighted by Gasteiger charge is -2.13. The van der Waals surface area contributed by atoms with Crippen molar-refractivity contribution in [1.82, 2.24) is 10.6 Å². The average molecular weight is 156 g/mol. The minimum Gasteiger partial charge on any atom is -0.444 e. The first-order valence-corrected chi connectivity index (χ1v) is 4.01. The predicted molar refractivity (Wildman–Crippen MR) is 39.2 cm³/mol. The van der Waals surface area contributed by atoms with Crippen molar-refractivity contribution in [2.75, 3.05) is 19.6 Å². The molecule has 2 unspecified atom stereocenters. The molecule has 2 N–H and O–H groups in total. The van der Waals surface area contributed by atoms with Crippen molar-refractivity contribution in [3.05, 3.63) is 0 Å². The monoisotopic (exact) mass is 156 g/mol. The molecule has 0 bridgehead atoms. The Balaban J connectivity index is 1.90. The van der Waals surface area contributed by atoms with Gasteiger partial charge in [-0.1, -0.05) is 0 Å². The van der Waals surface area contributed by atoms with Crippen LogP contribution in [0.3, 0.4) is 0 Å². The molecule has 0 aromatic rings. The molecule has 4 nitrogen and oxygen atoms in total. The molecule has 2 aliphatic rings. The number of alkyl carbamates (subject to hydrolysis) is 1. The molecule has 0 saturated carbocycles. The number of cyclic esters (lactones) is 1. The first-order valence-electron chi connectivity index (χ1n) is 4.01. The highest BCUT2D eigenvalue weighted by atomic mass is 16.6. The van der Waals surface area contributed by atoms with Crippen LogP contribution in [0.4, 0.5) is 4.79 Å². The third-order valence-corrected chi connectivity index (χ3v) is 2.33. The second kappa shape index (κ2) is 2.70. The summed E-state index contributed by atoms with van der Waals surface area (Å²) in [4.78, 5) is 10.7. The van der Waals surface area contributed by atoms with Gasteiger partial charge in [0.15, 0.2) is 0 Å². The molecule has 4 heteroatoms. The van der Waals surface area contributed by atoms with E-state index in [1.165, 1.54) is 0 Å². The van der Waals surface area contributed by atoms with Gasteiger partial charge in [0.25, 0.3) is 0 Å². The number of rotatable bonds is 1. The van der Waals surface area contributed by atoms with Gasteiger partial charge in [-0.2, -0.15) is 0 Å². The van der Waals surface area contributed by atoms with Gasteiger partial charge in [0, 0.05) is 12.5 Å². The summed E-state index contributed by atoms with van der Waals surface area (Å²) in [6.07, 6.45) is 0.971. The summed E-state index contributed by atoms with van der Waals surface area (Å²) >= 11 is 0. The first kappa shape index (κ1) is 6.91. The van der Waals surface area contributed by atoms with Crippen LogP contribution in [0.15, 0.2) is 0 Å². The van der Waals surface area contributed by atoms with Crippen molar-refractivity contribution in [2.45, 2.75) is 12.5 Å². The number of ether oxygens (including phenoxy) is 1. The zero-order chi connectivity index (χ0) is 7.68. The maximum absolute atomic E-state index is 10.7. The molecule has 2 atom stereocenters. The Labute approximate surface area is 65.3 Å². The minimum absolute atomic E-state index is 0.109. The molecule has 0 aliphatic carbocycles. The van der Waals surface area contributed by atoms with Crippen LogP contribution in [0.1, 0.15) is 6.42 Å². The van der Waals surface area contributed by atoms with Gasteiger partial charge < -0.3 is 15.4 Å². The Morgan fingerprint density at radius 2 is 2.36 bits per heavy atom. The quantitative estimate of drug-likeness (QED) is 0.548. The van der Waals surface area contributed by atoms with Crippen LogP contribution in [-0.4, -0.2) is 31.8 Å². The Bertz CT molecular complexity index is 166. The van der Waals surface area contributed by atoms with E-state index >= 15 is 0 Å². The molecule has 2 aliphatic heterocycles. The second-order valence-corrected chi connectivity index (χ2v) is 3.08. The van der Waals surface area contributed by atoms with Crippen molar-refractivity contribution in [1.29, 1.82) is 0 Å². The molecule has 2 heterocycles. The maximum atomic E-state index is 10.7. The van der Waals surface area contributed by atoms with Crippen molar-refractivity contribution in [3.63, 3.8) is 0 Å². The Kier molecular flexibility index (Phi) is 1.69. The van der Waals surface area contributed by atoms with Crippen LogP contribution in [0.25, 0.3) is 0 Å². The predicted octanol–water partition coefficient (Wildman–Crippen LogP) is -0.296. The fourth-order valence-electron chi connectivity index (χ4n) is 1.66. The summed E-state index contributed by atoms with van der Waals surface area (Å²) in [5, 5.41) is 5.90. The van der Waals surface area contributed by atoms with E-state index in [2.05, 4.69) is 10.6 Å². The van der Waals surface area contributed by atoms with Gasteiger partial charge in [-0.05, 0) is 13.0 Å². The lowest BCUT2D eigenvalue weighted by atomic mass is 10.0. The van der Waals surface area contributed by atoms with Crippen molar-refractivity contribution >= 4 is 6.09 Å². The number of hydrogen-bond donors (Lipinski definition) is 2. The van der Waals surface area contributed by atoms with Crippen LogP contribution < -0.4 is 10.6 Å². The van der Waals surface area contributed by atoms with E-state index in [4.69, 9.17) is 4.74 Å². The molecule has 0 aromatic heterocycles. The van der Waals surface area contributed by atoms with Gasteiger partial charge in [0.1, 0.15) is 6.10 Å². The van der Waals surface area contributed by atoms with E-state index in [1.807, 2.05) is 0 Å². The molecule has 11 heavy (non-hydrogen) atoms. The SMILES string of the molecule is O=C1NCC(C2CCNC2)O1. The Morgan fingerprint density at radius 1 is 1.45 bits per heavy atom. The number of nitrogens with one attached hydrogen (secondary N) is 2. The molecular weight excluding hydrogens is 144 g/mol. The zero-order valence-electron chi connectivity index (χ0n) is 6.30. The highest BCUT2D eigenvalue weighted by Crippen LogP contribution is 2.17. The number of amides is 1. The van der Waals surface area contributed by atoms with E-state index in [9.17, 15) is 4.79 Å². The molecule has 1 amide bonds. The number of carbonyl (C=O) groups is 1. The van der Waals surface area contributed by atoms with Crippen molar-refractivity contribution in [3.8, 4) is 0 Å². The fraction of sp³-hybridized carbons (Fsp3) is 0.857. The second-order valence-electron chi connectivity index (χ2n) is 3.08. The van der Waals surface area contributed by atoms with E-state index < -0.39 is 0 Å². The smallest absolute Gasteiger partial charge is 0.407 e. The minimum atomic E-state index is -0.262. The molecular formula is C7H12N2O2. The molecule has 0 radical (unpaired) electrons. The number of hydrogen-bond acceptors (Lipinski definition) is 3. The van der Waals surface area contributed by atoms with Gasteiger partial charge in [0.05, 0.1) is 6.54 Å². The van der Waals surface area contributed by atoms with Gasteiger partial charge in [-0.25, -0.2) is 4.79 Å². The fourth-order valence-corrected chi connectivity index (χ4v) is 1.66. The van der Waals surface area contributed by atoms with Gasteiger partial charge in [0.2, 0.25) is 0 Å². The van der Waals surface area contributed by atoms with Crippen LogP contribution in [-0.2, 0) is 4.74 Å². The van der Waals surface area contributed by atoms with Gasteiger partial charge in [-0.15, -0.1) is 0 Å². The van der Waals surface area contributed by atoms with E-state index in [0.29, 0.717) is 12.5 Å². The maximum Gasteiger partial charge on any atom is 0.407 e. The zero-order valence-corrected chi connectivity index (χ0v) is 6.30.